The average molecular weight is 332 g/mol. The highest BCUT2D eigenvalue weighted by Gasteiger charge is 2.54. The first-order chi connectivity index (χ1) is 11.4. The highest BCUT2D eigenvalue weighted by molar-refractivity contribution is 5.76. The Morgan fingerprint density at radius 3 is 2.75 bits per heavy atom. The molecule has 132 valence electrons. The van der Waals surface area contributed by atoms with Gasteiger partial charge in [-0.3, -0.25) is 9.69 Å². The van der Waals surface area contributed by atoms with Crippen LogP contribution in [0.2, 0.25) is 0 Å². The lowest BCUT2D eigenvalue weighted by molar-refractivity contribution is -0.151. The van der Waals surface area contributed by atoms with Crippen LogP contribution in [0.25, 0.3) is 0 Å². The van der Waals surface area contributed by atoms with Gasteiger partial charge in [-0.25, -0.2) is 0 Å². The maximum absolute atomic E-state index is 12.5. The first kappa shape index (κ1) is 17.4. The van der Waals surface area contributed by atoms with E-state index >= 15 is 0 Å². The van der Waals surface area contributed by atoms with Gasteiger partial charge in [-0.1, -0.05) is 51.1 Å². The molecule has 5 heteroatoms. The molecule has 1 aromatic rings. The van der Waals surface area contributed by atoms with Crippen LogP contribution in [0.5, 0.6) is 0 Å². The second kappa shape index (κ2) is 6.82. The van der Waals surface area contributed by atoms with Crippen LogP contribution in [-0.4, -0.2) is 41.8 Å². The van der Waals surface area contributed by atoms with Gasteiger partial charge in [0.2, 0.25) is 0 Å². The number of esters is 1. The molecule has 2 aliphatic heterocycles. The van der Waals surface area contributed by atoms with Crippen molar-refractivity contribution in [3.63, 3.8) is 0 Å². The number of likely N-dealkylation sites (tertiary alicyclic amines) is 1. The molecule has 0 radical (unpaired) electrons. The van der Waals surface area contributed by atoms with Crippen LogP contribution in [0.1, 0.15) is 39.2 Å². The molecular formula is C19H28N2O3. The van der Waals surface area contributed by atoms with Gasteiger partial charge in [0.25, 0.3) is 0 Å². The molecule has 2 fully saturated rings. The van der Waals surface area contributed by atoms with E-state index < -0.39 is 0 Å². The molecule has 24 heavy (non-hydrogen) atoms. The Kier molecular flexibility index (Phi) is 4.95. The van der Waals surface area contributed by atoms with Gasteiger partial charge in [0.05, 0.1) is 0 Å². The molecule has 4 atom stereocenters. The summed E-state index contributed by atoms with van der Waals surface area (Å²) in [5.41, 5.74) is 7.30. The summed E-state index contributed by atoms with van der Waals surface area (Å²) in [6, 6.07) is 9.51. The second-order valence-corrected chi connectivity index (χ2v) is 7.87. The summed E-state index contributed by atoms with van der Waals surface area (Å²) in [5.74, 6) is -0.157. The van der Waals surface area contributed by atoms with E-state index in [9.17, 15) is 4.79 Å². The molecule has 0 aliphatic carbocycles. The molecule has 2 aliphatic rings. The van der Waals surface area contributed by atoms with Crippen LogP contribution in [0, 0.1) is 5.41 Å². The van der Waals surface area contributed by atoms with E-state index in [0.717, 1.165) is 24.9 Å². The summed E-state index contributed by atoms with van der Waals surface area (Å²) in [6.07, 6.45) is 1.77. The third-order valence-electron chi connectivity index (χ3n) is 4.97. The average Bonchev–Trinajstić information content (AvgIpc) is 3.19. The van der Waals surface area contributed by atoms with Gasteiger partial charge in [-0.15, -0.1) is 0 Å². The number of nitrogens with zero attached hydrogens (tertiary/aromatic N) is 1. The molecule has 2 heterocycles. The minimum absolute atomic E-state index is 0.00697. The van der Waals surface area contributed by atoms with Crippen molar-refractivity contribution in [2.75, 3.05) is 6.54 Å². The normalized spacial score (nSPS) is 28.6. The zero-order valence-electron chi connectivity index (χ0n) is 14.8. The first-order valence-corrected chi connectivity index (χ1v) is 8.75. The van der Waals surface area contributed by atoms with Crippen molar-refractivity contribution in [3.05, 3.63) is 35.9 Å². The van der Waals surface area contributed by atoms with E-state index in [4.69, 9.17) is 15.2 Å². The Bertz CT molecular complexity index is 570. The number of benzene rings is 1. The van der Waals surface area contributed by atoms with E-state index in [2.05, 4.69) is 25.7 Å². The van der Waals surface area contributed by atoms with Crippen LogP contribution < -0.4 is 5.73 Å². The molecule has 2 unspecified atom stereocenters. The number of epoxide rings is 1. The summed E-state index contributed by atoms with van der Waals surface area (Å²) in [7, 11) is 0. The van der Waals surface area contributed by atoms with E-state index in [-0.39, 0.29) is 35.8 Å². The number of carbonyl (C=O) groups is 1. The fourth-order valence-electron chi connectivity index (χ4n) is 3.31. The summed E-state index contributed by atoms with van der Waals surface area (Å²) in [6.45, 7) is 7.54. The highest BCUT2D eigenvalue weighted by atomic mass is 16.6. The number of nitrogens with two attached hydrogens (primary N) is 1. The third kappa shape index (κ3) is 3.79. The predicted octanol–water partition coefficient (Wildman–Crippen LogP) is 2.29. The highest BCUT2D eigenvalue weighted by Crippen LogP contribution is 2.38. The van der Waals surface area contributed by atoms with Gasteiger partial charge in [0, 0.05) is 12.6 Å². The summed E-state index contributed by atoms with van der Waals surface area (Å²) in [5, 5.41) is 0. The number of hydrogen-bond donors (Lipinski definition) is 1. The Balaban J connectivity index is 1.55. The van der Waals surface area contributed by atoms with E-state index in [1.165, 1.54) is 0 Å². The lowest BCUT2D eigenvalue weighted by Crippen LogP contribution is -2.45. The van der Waals surface area contributed by atoms with Crippen molar-refractivity contribution in [1.82, 2.24) is 4.90 Å². The second-order valence-electron chi connectivity index (χ2n) is 7.87. The van der Waals surface area contributed by atoms with E-state index in [1.807, 2.05) is 30.3 Å². The molecule has 0 saturated carbocycles. The SMILES string of the molecule is CC(C)(C)[C@H](N)C1OC1N1CCC[C@H]1C(=O)OCc1ccccc1. The topological polar surface area (TPSA) is 68.1 Å². The fourth-order valence-corrected chi connectivity index (χ4v) is 3.31. The van der Waals surface area contributed by atoms with Gasteiger partial charge < -0.3 is 15.2 Å². The van der Waals surface area contributed by atoms with Crippen molar-refractivity contribution in [3.8, 4) is 0 Å². The third-order valence-corrected chi connectivity index (χ3v) is 4.97. The predicted molar refractivity (Wildman–Crippen MR) is 92.1 cm³/mol. The maximum Gasteiger partial charge on any atom is 0.323 e. The zero-order chi connectivity index (χ0) is 17.3. The van der Waals surface area contributed by atoms with Gasteiger partial charge in [0.15, 0.2) is 0 Å². The fraction of sp³-hybridized carbons (Fsp3) is 0.632. The standard InChI is InChI=1S/C19H28N2O3/c1-19(2,3)16(20)15-17(24-15)21-11-7-10-14(21)18(22)23-12-13-8-5-4-6-9-13/h4-6,8-9,14-17H,7,10-12,20H2,1-3H3/t14-,15?,16+,17?/m0/s1. The zero-order valence-corrected chi connectivity index (χ0v) is 14.8. The van der Waals surface area contributed by atoms with Gasteiger partial charge >= 0.3 is 5.97 Å². The molecule has 0 bridgehead atoms. The summed E-state index contributed by atoms with van der Waals surface area (Å²) in [4.78, 5) is 14.6. The molecule has 2 saturated heterocycles. The van der Waals surface area contributed by atoms with Crippen molar-refractivity contribution >= 4 is 5.97 Å². The molecule has 5 nitrogen and oxygen atoms in total. The van der Waals surface area contributed by atoms with Gasteiger partial charge in [-0.2, -0.15) is 0 Å². The van der Waals surface area contributed by atoms with E-state index in [0.29, 0.717) is 6.61 Å². The van der Waals surface area contributed by atoms with Crippen molar-refractivity contribution in [2.24, 2.45) is 11.1 Å². The molecular weight excluding hydrogens is 304 g/mol. The number of rotatable bonds is 5. The number of hydrogen-bond acceptors (Lipinski definition) is 5. The Morgan fingerprint density at radius 1 is 1.38 bits per heavy atom. The van der Waals surface area contributed by atoms with Crippen molar-refractivity contribution < 1.29 is 14.3 Å². The van der Waals surface area contributed by atoms with Crippen LogP contribution in [0.3, 0.4) is 0 Å². The molecule has 1 aromatic carbocycles. The molecule has 0 amide bonds. The molecule has 0 spiro atoms. The van der Waals surface area contributed by atoms with Crippen LogP contribution in [0.15, 0.2) is 30.3 Å². The van der Waals surface area contributed by atoms with Crippen LogP contribution in [-0.2, 0) is 20.9 Å². The van der Waals surface area contributed by atoms with Crippen molar-refractivity contribution in [1.29, 1.82) is 0 Å². The molecule has 2 N–H and O–H groups in total. The van der Waals surface area contributed by atoms with Crippen molar-refractivity contribution in [2.45, 2.75) is 64.6 Å². The number of carbonyl (C=O) groups excluding carboxylic acids is 1. The minimum Gasteiger partial charge on any atom is -0.460 e. The Morgan fingerprint density at radius 2 is 2.08 bits per heavy atom. The largest absolute Gasteiger partial charge is 0.460 e. The molecule has 3 rings (SSSR count). The summed E-state index contributed by atoms with van der Waals surface area (Å²) >= 11 is 0. The first-order valence-electron chi connectivity index (χ1n) is 8.75. The van der Waals surface area contributed by atoms with Gasteiger partial charge in [0.1, 0.15) is 25.0 Å². The summed E-state index contributed by atoms with van der Waals surface area (Å²) < 4.78 is 11.3. The monoisotopic (exact) mass is 332 g/mol. The lowest BCUT2D eigenvalue weighted by Gasteiger charge is -2.27. The molecule has 0 aromatic heterocycles. The lowest BCUT2D eigenvalue weighted by atomic mass is 9.85. The Labute approximate surface area is 144 Å². The quantitative estimate of drug-likeness (QED) is 0.662. The van der Waals surface area contributed by atoms with Crippen LogP contribution >= 0.6 is 0 Å². The minimum atomic E-state index is -0.212. The number of ether oxygens (including phenoxy) is 2. The Hall–Kier alpha value is -1.43. The van der Waals surface area contributed by atoms with E-state index in [1.54, 1.807) is 0 Å². The van der Waals surface area contributed by atoms with Crippen LogP contribution in [0.4, 0.5) is 0 Å². The van der Waals surface area contributed by atoms with Gasteiger partial charge in [-0.05, 0) is 23.8 Å². The smallest absolute Gasteiger partial charge is 0.323 e. The maximum atomic E-state index is 12.5.